The first-order valence-electron chi connectivity index (χ1n) is 11.2. The van der Waals surface area contributed by atoms with Crippen LogP contribution in [0.25, 0.3) is 0 Å². The smallest absolute Gasteiger partial charge is 0.243 e. The molecule has 2 aromatic carbocycles. The second-order valence-corrected chi connectivity index (χ2v) is 11.5. The van der Waals surface area contributed by atoms with Crippen LogP contribution in [0.15, 0.2) is 53.4 Å². The largest absolute Gasteiger partial charge is 0.341 e. The van der Waals surface area contributed by atoms with Crippen molar-refractivity contribution in [3.05, 3.63) is 59.7 Å². The van der Waals surface area contributed by atoms with Crippen LogP contribution in [0.5, 0.6) is 0 Å². The number of rotatable bonds is 5. The average Bonchev–Trinajstić information content (AvgIpc) is 2.99. The van der Waals surface area contributed by atoms with Gasteiger partial charge in [-0.3, -0.25) is 9.59 Å². The van der Waals surface area contributed by atoms with E-state index >= 15 is 0 Å². The molecular weight excluding hydrogens is 438 g/mol. The van der Waals surface area contributed by atoms with Crippen molar-refractivity contribution in [2.24, 2.45) is 5.92 Å². The highest BCUT2D eigenvalue weighted by Gasteiger charge is 2.43. The van der Waals surface area contributed by atoms with Crippen molar-refractivity contribution in [1.29, 1.82) is 0 Å². The predicted molar refractivity (Wildman–Crippen MR) is 127 cm³/mol. The van der Waals surface area contributed by atoms with Crippen LogP contribution in [0.1, 0.15) is 37.8 Å². The van der Waals surface area contributed by atoms with Gasteiger partial charge in [-0.25, -0.2) is 8.42 Å². The fourth-order valence-electron chi connectivity index (χ4n) is 4.85. The first-order valence-corrected chi connectivity index (χ1v) is 12.7. The number of hydrogen-bond donors (Lipinski definition) is 0. The number of piperidine rings is 1. The molecule has 4 rings (SSSR count). The molecule has 0 aliphatic carbocycles. The zero-order valence-electron chi connectivity index (χ0n) is 19.6. The maximum absolute atomic E-state index is 13.3. The second kappa shape index (κ2) is 8.57. The number of fused-ring (bicyclic) bond motifs is 1. The van der Waals surface area contributed by atoms with Gasteiger partial charge in [0.2, 0.25) is 21.8 Å². The molecule has 0 unspecified atom stereocenters. The third kappa shape index (κ3) is 4.17. The van der Waals surface area contributed by atoms with E-state index in [9.17, 15) is 18.0 Å². The van der Waals surface area contributed by atoms with Gasteiger partial charge in [0.25, 0.3) is 0 Å². The van der Waals surface area contributed by atoms with E-state index in [0.717, 1.165) is 16.8 Å². The van der Waals surface area contributed by atoms with E-state index in [0.29, 0.717) is 32.5 Å². The van der Waals surface area contributed by atoms with Gasteiger partial charge in [-0.05, 0) is 56.0 Å². The molecule has 1 fully saturated rings. The molecule has 2 amide bonds. The Morgan fingerprint density at radius 1 is 1.09 bits per heavy atom. The Labute approximate surface area is 196 Å². The Bertz CT molecular complexity index is 1170. The van der Waals surface area contributed by atoms with Crippen molar-refractivity contribution in [3.8, 4) is 0 Å². The molecule has 0 bridgehead atoms. The van der Waals surface area contributed by atoms with E-state index < -0.39 is 15.4 Å². The quantitative estimate of drug-likeness (QED) is 0.675. The number of carbonyl (C=O) groups excluding carboxylic acids is 2. The summed E-state index contributed by atoms with van der Waals surface area (Å²) in [6, 6.07) is 14.7. The van der Waals surface area contributed by atoms with Gasteiger partial charge < -0.3 is 9.80 Å². The number of likely N-dealkylation sites (N-methyl/N-ethyl adjacent to an activating group) is 1. The van der Waals surface area contributed by atoms with Crippen LogP contribution in [-0.2, 0) is 31.6 Å². The molecule has 0 saturated carbocycles. The molecule has 0 atom stereocenters. The SMILES string of the molecule is CN(Cc1ccccc1)C(=O)C1CCN(S(=O)(=O)c2ccc3c(c2)C(C)(C)C(=O)N3C)CC1. The van der Waals surface area contributed by atoms with Crippen LogP contribution in [0.2, 0.25) is 0 Å². The van der Waals surface area contributed by atoms with E-state index in [-0.39, 0.29) is 22.6 Å². The monoisotopic (exact) mass is 469 g/mol. The van der Waals surface area contributed by atoms with Crippen molar-refractivity contribution in [2.45, 2.75) is 43.5 Å². The van der Waals surface area contributed by atoms with Crippen molar-refractivity contribution in [3.63, 3.8) is 0 Å². The summed E-state index contributed by atoms with van der Waals surface area (Å²) in [6.07, 6.45) is 0.990. The van der Waals surface area contributed by atoms with Gasteiger partial charge in [-0.15, -0.1) is 0 Å². The summed E-state index contributed by atoms with van der Waals surface area (Å²) in [6.45, 7) is 4.78. The van der Waals surface area contributed by atoms with Crippen LogP contribution in [-0.4, -0.2) is 56.6 Å². The number of amides is 2. The molecule has 2 aliphatic rings. The summed E-state index contributed by atoms with van der Waals surface area (Å²) in [5.41, 5.74) is 1.77. The van der Waals surface area contributed by atoms with Gasteiger partial charge in [-0.2, -0.15) is 4.31 Å². The van der Waals surface area contributed by atoms with E-state index in [1.807, 2.05) is 44.2 Å². The molecule has 0 spiro atoms. The number of anilines is 1. The Kier molecular flexibility index (Phi) is 6.09. The molecule has 176 valence electrons. The van der Waals surface area contributed by atoms with Crippen molar-refractivity contribution >= 4 is 27.5 Å². The highest BCUT2D eigenvalue weighted by molar-refractivity contribution is 7.89. The molecule has 2 aliphatic heterocycles. The lowest BCUT2D eigenvalue weighted by Gasteiger charge is -2.32. The van der Waals surface area contributed by atoms with Crippen LogP contribution in [0.4, 0.5) is 5.69 Å². The van der Waals surface area contributed by atoms with Gasteiger partial charge >= 0.3 is 0 Å². The fraction of sp³-hybridized carbons (Fsp3) is 0.440. The minimum Gasteiger partial charge on any atom is -0.341 e. The van der Waals surface area contributed by atoms with Gasteiger partial charge in [0, 0.05) is 45.3 Å². The number of carbonyl (C=O) groups is 2. The topological polar surface area (TPSA) is 78.0 Å². The molecule has 0 radical (unpaired) electrons. The molecule has 33 heavy (non-hydrogen) atoms. The second-order valence-electron chi connectivity index (χ2n) is 9.53. The van der Waals surface area contributed by atoms with Crippen molar-refractivity contribution in [1.82, 2.24) is 9.21 Å². The lowest BCUT2D eigenvalue weighted by atomic mass is 9.86. The first kappa shape index (κ1) is 23.4. The van der Waals surface area contributed by atoms with Crippen molar-refractivity contribution in [2.75, 3.05) is 32.1 Å². The third-order valence-corrected chi connectivity index (χ3v) is 8.82. The average molecular weight is 470 g/mol. The number of nitrogens with zero attached hydrogens (tertiary/aromatic N) is 3. The lowest BCUT2D eigenvalue weighted by Crippen LogP contribution is -2.43. The molecule has 0 aromatic heterocycles. The number of hydrogen-bond acceptors (Lipinski definition) is 4. The molecule has 8 heteroatoms. The molecule has 7 nitrogen and oxygen atoms in total. The summed E-state index contributed by atoms with van der Waals surface area (Å²) >= 11 is 0. The maximum atomic E-state index is 13.3. The molecule has 0 N–H and O–H groups in total. The summed E-state index contributed by atoms with van der Waals surface area (Å²) in [5, 5.41) is 0. The maximum Gasteiger partial charge on any atom is 0.243 e. The minimum atomic E-state index is -3.71. The zero-order valence-corrected chi connectivity index (χ0v) is 20.4. The van der Waals surface area contributed by atoms with E-state index in [4.69, 9.17) is 0 Å². The first-order chi connectivity index (χ1) is 15.5. The Morgan fingerprint density at radius 3 is 2.36 bits per heavy atom. The molecule has 2 heterocycles. The number of benzene rings is 2. The van der Waals surface area contributed by atoms with Crippen molar-refractivity contribution < 1.29 is 18.0 Å². The highest BCUT2D eigenvalue weighted by atomic mass is 32.2. The Morgan fingerprint density at radius 2 is 1.73 bits per heavy atom. The van der Waals surface area contributed by atoms with Crippen LogP contribution in [0.3, 0.4) is 0 Å². The standard InChI is InChI=1S/C25H31N3O4S/c1-25(2)21-16-20(10-11-22(21)27(4)24(25)30)33(31,32)28-14-12-19(13-15-28)23(29)26(3)17-18-8-6-5-7-9-18/h5-11,16,19H,12-15,17H2,1-4H3. The molecule has 2 aromatic rings. The van der Waals surface area contributed by atoms with Crippen LogP contribution < -0.4 is 4.90 Å². The zero-order chi connectivity index (χ0) is 24.0. The third-order valence-electron chi connectivity index (χ3n) is 6.92. The lowest BCUT2D eigenvalue weighted by molar-refractivity contribution is -0.136. The normalized spacial score (nSPS) is 18.9. The highest BCUT2D eigenvalue weighted by Crippen LogP contribution is 2.42. The molecule has 1 saturated heterocycles. The summed E-state index contributed by atoms with van der Waals surface area (Å²) in [4.78, 5) is 29.0. The number of sulfonamides is 1. The van der Waals surface area contributed by atoms with E-state index in [1.54, 1.807) is 42.1 Å². The van der Waals surface area contributed by atoms with Crippen LogP contribution >= 0.6 is 0 Å². The summed E-state index contributed by atoms with van der Waals surface area (Å²) in [5.74, 6) is -0.182. The Hall–Kier alpha value is -2.71. The minimum absolute atomic E-state index is 0.0500. The van der Waals surface area contributed by atoms with Crippen LogP contribution in [0, 0.1) is 5.92 Å². The fourth-order valence-corrected chi connectivity index (χ4v) is 6.35. The summed E-state index contributed by atoms with van der Waals surface area (Å²) < 4.78 is 28.2. The van der Waals surface area contributed by atoms with Gasteiger partial charge in [-0.1, -0.05) is 30.3 Å². The van der Waals surface area contributed by atoms with E-state index in [1.165, 1.54) is 4.31 Å². The predicted octanol–water partition coefficient (Wildman–Crippen LogP) is 3.00. The van der Waals surface area contributed by atoms with Gasteiger partial charge in [0.05, 0.1) is 10.3 Å². The summed E-state index contributed by atoms with van der Waals surface area (Å²) in [7, 11) is -0.204. The molecular formula is C25H31N3O4S. The van der Waals surface area contributed by atoms with E-state index in [2.05, 4.69) is 0 Å². The van der Waals surface area contributed by atoms with Gasteiger partial charge in [0.1, 0.15) is 0 Å². The Balaban J connectivity index is 1.44. The van der Waals surface area contributed by atoms with Gasteiger partial charge in [0.15, 0.2) is 0 Å².